The Morgan fingerprint density at radius 3 is 2.95 bits per heavy atom. The van der Waals surface area contributed by atoms with Crippen LogP contribution >= 0.6 is 0 Å². The number of rotatable bonds is 4. The summed E-state index contributed by atoms with van der Waals surface area (Å²) in [6.45, 7) is 0.0613. The lowest BCUT2D eigenvalue weighted by molar-refractivity contribution is 0.0944. The summed E-state index contributed by atoms with van der Waals surface area (Å²) in [5, 5.41) is 11.2. The summed E-state index contributed by atoms with van der Waals surface area (Å²) in [4.78, 5) is 23.4. The van der Waals surface area contributed by atoms with E-state index in [4.69, 9.17) is 5.11 Å². The number of aliphatic hydroxyl groups is 1. The normalized spacial score (nSPS) is 10.2. The Kier molecular flexibility index (Phi) is 4.10. The van der Waals surface area contributed by atoms with Crippen molar-refractivity contribution in [2.75, 3.05) is 13.2 Å². The fraction of sp³-hybridized carbons (Fsp3) is 0.143. The summed E-state index contributed by atoms with van der Waals surface area (Å²) in [6, 6.07) is 12.5. The molecule has 0 unspecified atom stereocenters. The maximum atomic E-state index is 11.7. The average Bonchev–Trinajstić information content (AvgIpc) is 2.45. The van der Waals surface area contributed by atoms with Crippen LogP contribution in [0, 0.1) is 6.07 Å². The zero-order chi connectivity index (χ0) is 13.7. The van der Waals surface area contributed by atoms with Gasteiger partial charge >= 0.3 is 0 Å². The lowest BCUT2D eigenvalue weighted by Crippen LogP contribution is -2.26. The van der Waals surface area contributed by atoms with Gasteiger partial charge in [-0.25, -0.2) is 0 Å². The molecule has 0 saturated carbocycles. The second-order valence-corrected chi connectivity index (χ2v) is 3.85. The molecule has 1 aromatic heterocycles. The van der Waals surface area contributed by atoms with Crippen molar-refractivity contribution in [2.45, 2.75) is 0 Å². The van der Waals surface area contributed by atoms with Crippen LogP contribution in [0.4, 0.5) is 0 Å². The van der Waals surface area contributed by atoms with Crippen molar-refractivity contribution < 1.29 is 9.90 Å². The molecule has 2 rings (SSSR count). The summed E-state index contributed by atoms with van der Waals surface area (Å²) in [7, 11) is 0. The molecular weight excluding hydrogens is 244 g/mol. The fourth-order valence-electron chi connectivity index (χ4n) is 1.64. The van der Waals surface area contributed by atoms with Crippen LogP contribution in [0.3, 0.4) is 0 Å². The minimum Gasteiger partial charge on any atom is -0.395 e. The number of hydrogen-bond donors (Lipinski definition) is 2. The lowest BCUT2D eigenvalue weighted by atomic mass is 10.2. The highest BCUT2D eigenvalue weighted by Crippen LogP contribution is 2.08. The molecule has 2 aromatic rings. The second kappa shape index (κ2) is 5.97. The molecule has 1 radical (unpaired) electrons. The molecule has 0 atom stereocenters. The van der Waals surface area contributed by atoms with Crippen LogP contribution in [0.5, 0.6) is 0 Å². The smallest absolute Gasteiger partial charge is 0.255 e. The van der Waals surface area contributed by atoms with Gasteiger partial charge in [0.1, 0.15) is 0 Å². The van der Waals surface area contributed by atoms with Crippen molar-refractivity contribution >= 4 is 5.91 Å². The first-order valence-corrected chi connectivity index (χ1v) is 5.81. The highest BCUT2D eigenvalue weighted by Gasteiger charge is 2.07. The molecule has 0 fully saturated rings. The van der Waals surface area contributed by atoms with E-state index >= 15 is 0 Å². The zero-order valence-corrected chi connectivity index (χ0v) is 10.2. The molecule has 1 aromatic carbocycles. The summed E-state index contributed by atoms with van der Waals surface area (Å²) >= 11 is 0. The van der Waals surface area contributed by atoms with Gasteiger partial charge in [-0.3, -0.25) is 14.2 Å². The summed E-state index contributed by atoms with van der Waals surface area (Å²) in [6.07, 6.45) is 1.63. The molecule has 0 aliphatic heterocycles. The molecule has 5 nitrogen and oxygen atoms in total. The first kappa shape index (κ1) is 13.0. The zero-order valence-electron chi connectivity index (χ0n) is 10.2. The van der Waals surface area contributed by atoms with Crippen molar-refractivity contribution in [3.8, 4) is 5.69 Å². The molecule has 0 aliphatic rings. The Morgan fingerprint density at radius 2 is 2.21 bits per heavy atom. The largest absolute Gasteiger partial charge is 0.395 e. The summed E-state index contributed by atoms with van der Waals surface area (Å²) in [5.41, 5.74) is 0.746. The van der Waals surface area contributed by atoms with E-state index in [1.54, 1.807) is 36.5 Å². The number of carbonyl (C=O) groups is 1. The van der Waals surface area contributed by atoms with Crippen molar-refractivity contribution in [2.24, 2.45) is 0 Å². The number of aliphatic hydroxyl groups excluding tert-OH is 1. The molecule has 0 saturated heterocycles. The van der Waals surface area contributed by atoms with Crippen LogP contribution in [0.25, 0.3) is 5.69 Å². The van der Waals surface area contributed by atoms with Gasteiger partial charge < -0.3 is 10.4 Å². The van der Waals surface area contributed by atoms with Gasteiger partial charge in [0.2, 0.25) is 0 Å². The van der Waals surface area contributed by atoms with E-state index < -0.39 is 0 Å². The van der Waals surface area contributed by atoms with E-state index in [9.17, 15) is 9.59 Å². The van der Waals surface area contributed by atoms with Gasteiger partial charge in [0.15, 0.2) is 0 Å². The summed E-state index contributed by atoms with van der Waals surface area (Å²) < 4.78 is 1.44. The Morgan fingerprint density at radius 1 is 1.37 bits per heavy atom. The van der Waals surface area contributed by atoms with E-state index in [0.717, 1.165) is 0 Å². The van der Waals surface area contributed by atoms with E-state index in [2.05, 4.69) is 11.4 Å². The maximum Gasteiger partial charge on any atom is 0.255 e. The van der Waals surface area contributed by atoms with E-state index in [1.807, 2.05) is 0 Å². The van der Waals surface area contributed by atoms with Crippen LogP contribution in [0.15, 0.2) is 47.4 Å². The van der Waals surface area contributed by atoms with Crippen LogP contribution in [-0.4, -0.2) is 28.7 Å². The van der Waals surface area contributed by atoms with Crippen molar-refractivity contribution in [3.63, 3.8) is 0 Å². The number of aromatic nitrogens is 1. The molecule has 1 amide bonds. The molecule has 5 heteroatoms. The number of benzene rings is 1. The predicted octanol–water partition coefficient (Wildman–Crippen LogP) is 0.360. The molecule has 1 heterocycles. The minimum absolute atomic E-state index is 0.121. The van der Waals surface area contributed by atoms with Crippen LogP contribution in [0.2, 0.25) is 0 Å². The highest BCUT2D eigenvalue weighted by atomic mass is 16.3. The van der Waals surface area contributed by atoms with Crippen LogP contribution < -0.4 is 10.9 Å². The first-order valence-electron chi connectivity index (χ1n) is 5.81. The highest BCUT2D eigenvalue weighted by molar-refractivity contribution is 5.94. The SMILES string of the molecule is O=C(NCCO)c1[c]ccc(-n2ccccc2=O)c1. The van der Waals surface area contributed by atoms with E-state index in [-0.39, 0.29) is 24.6 Å². The second-order valence-electron chi connectivity index (χ2n) is 3.85. The number of carbonyl (C=O) groups excluding carboxylic acids is 1. The number of pyridine rings is 1. The predicted molar refractivity (Wildman–Crippen MR) is 70.3 cm³/mol. The number of hydrogen-bond acceptors (Lipinski definition) is 3. The third kappa shape index (κ3) is 3.08. The molecule has 0 spiro atoms. The number of nitrogens with zero attached hydrogens (tertiary/aromatic N) is 1. The molecular formula is C14H13N2O3. The van der Waals surface area contributed by atoms with Gasteiger partial charge in [0.25, 0.3) is 11.5 Å². The third-order valence-electron chi connectivity index (χ3n) is 2.53. The molecule has 97 valence electrons. The number of nitrogens with one attached hydrogen (secondary N) is 1. The van der Waals surface area contributed by atoms with Gasteiger partial charge in [-0.2, -0.15) is 0 Å². The molecule has 0 aliphatic carbocycles. The quantitative estimate of drug-likeness (QED) is 0.830. The molecule has 0 bridgehead atoms. The number of amides is 1. The van der Waals surface area contributed by atoms with E-state index in [0.29, 0.717) is 11.3 Å². The van der Waals surface area contributed by atoms with Crippen molar-refractivity contribution in [1.29, 1.82) is 0 Å². The maximum absolute atomic E-state index is 11.7. The Hall–Kier alpha value is -2.40. The molecule has 2 N–H and O–H groups in total. The average molecular weight is 257 g/mol. The monoisotopic (exact) mass is 257 g/mol. The van der Waals surface area contributed by atoms with Gasteiger partial charge in [-0.1, -0.05) is 12.1 Å². The minimum atomic E-state index is -0.333. The van der Waals surface area contributed by atoms with Gasteiger partial charge in [-0.15, -0.1) is 0 Å². The van der Waals surface area contributed by atoms with Crippen LogP contribution in [-0.2, 0) is 0 Å². The summed E-state index contributed by atoms with van der Waals surface area (Å²) in [5.74, 6) is -0.333. The van der Waals surface area contributed by atoms with Crippen molar-refractivity contribution in [3.05, 3.63) is 64.6 Å². The lowest BCUT2D eigenvalue weighted by Gasteiger charge is -2.07. The topological polar surface area (TPSA) is 71.3 Å². The Labute approximate surface area is 110 Å². The van der Waals surface area contributed by atoms with Gasteiger partial charge in [0, 0.05) is 30.1 Å². The fourth-order valence-corrected chi connectivity index (χ4v) is 1.64. The Bertz CT molecular complexity index is 634. The Balaban J connectivity index is 2.32. The first-order chi connectivity index (χ1) is 9.22. The third-order valence-corrected chi connectivity index (χ3v) is 2.53. The standard InChI is InChI=1S/C14H13N2O3/c17-9-7-15-14(19)11-4-3-5-12(10-11)16-8-2-1-6-13(16)18/h1-3,5-6,8,10,17H,7,9H2,(H,15,19). The van der Waals surface area contributed by atoms with Gasteiger partial charge in [0.05, 0.1) is 6.61 Å². The van der Waals surface area contributed by atoms with Gasteiger partial charge in [-0.05, 0) is 24.3 Å². The van der Waals surface area contributed by atoms with Crippen molar-refractivity contribution in [1.82, 2.24) is 9.88 Å². The van der Waals surface area contributed by atoms with Crippen LogP contribution in [0.1, 0.15) is 10.4 Å². The van der Waals surface area contributed by atoms with E-state index in [1.165, 1.54) is 10.6 Å². The molecule has 19 heavy (non-hydrogen) atoms.